The minimum atomic E-state index is -0.987. The summed E-state index contributed by atoms with van der Waals surface area (Å²) in [6.07, 6.45) is 6.99. The number of nitrogens with zero attached hydrogens (tertiary/aromatic N) is 1. The Morgan fingerprint density at radius 1 is 1.24 bits per heavy atom. The molecule has 2 aliphatic rings. The second-order valence-corrected chi connectivity index (χ2v) is 9.69. The maximum atomic E-state index is 14.7. The number of amides is 2. The Morgan fingerprint density at radius 2 is 2.03 bits per heavy atom. The Morgan fingerprint density at radius 3 is 2.76 bits per heavy atom. The standard InChI is InChI=1S/C30H38FN3O4/c1-4-9-26-30(37)33-25(27(35)20-32-19-23-11-8-10-21(5-2)16-23)18-22-13-14-28(24(31)17-22)38-15-7-6-12-29(36)34(26)3/h1,8,10-11,13-14,16-17,25-27,32,35H,5-7,9,12,15,18-20H2,2-3H3,(H,33,37)/t25-,26-,27+/m0/s1. The van der Waals surface area contributed by atoms with Crippen LogP contribution >= 0.6 is 0 Å². The van der Waals surface area contributed by atoms with Crippen molar-refractivity contribution in [3.8, 4) is 18.1 Å². The molecule has 2 heterocycles. The van der Waals surface area contributed by atoms with E-state index in [1.54, 1.807) is 19.2 Å². The van der Waals surface area contributed by atoms with Crippen LogP contribution in [-0.2, 0) is 29.0 Å². The molecule has 2 aromatic carbocycles. The van der Waals surface area contributed by atoms with Crippen LogP contribution in [0.5, 0.6) is 5.75 Å². The zero-order chi connectivity index (χ0) is 27.5. The van der Waals surface area contributed by atoms with Crippen molar-refractivity contribution < 1.29 is 23.8 Å². The van der Waals surface area contributed by atoms with Crippen molar-refractivity contribution in [1.82, 2.24) is 15.5 Å². The average Bonchev–Trinajstić information content (AvgIpc) is 2.91. The van der Waals surface area contributed by atoms with Crippen molar-refractivity contribution in [3.05, 3.63) is 65.0 Å². The highest BCUT2D eigenvalue weighted by molar-refractivity contribution is 5.88. The molecule has 2 aromatic rings. The Balaban J connectivity index is 1.80. The lowest BCUT2D eigenvalue weighted by atomic mass is 9.99. The van der Waals surface area contributed by atoms with Gasteiger partial charge in [-0.05, 0) is 54.5 Å². The summed E-state index contributed by atoms with van der Waals surface area (Å²) in [5, 5.41) is 17.2. The van der Waals surface area contributed by atoms with Crippen LogP contribution in [0, 0.1) is 18.2 Å². The lowest BCUT2D eigenvalue weighted by molar-refractivity contribution is -0.139. The van der Waals surface area contributed by atoms with Crippen molar-refractivity contribution >= 4 is 11.8 Å². The zero-order valence-electron chi connectivity index (χ0n) is 22.2. The molecule has 8 heteroatoms. The number of likely N-dealkylation sites (N-methyl/N-ethyl adjacent to an activating group) is 1. The molecule has 4 rings (SSSR count). The van der Waals surface area contributed by atoms with E-state index in [2.05, 4.69) is 35.6 Å². The van der Waals surface area contributed by atoms with Crippen LogP contribution in [0.3, 0.4) is 0 Å². The third-order valence-electron chi connectivity index (χ3n) is 6.84. The predicted molar refractivity (Wildman–Crippen MR) is 145 cm³/mol. The van der Waals surface area contributed by atoms with Gasteiger partial charge in [0.25, 0.3) is 0 Å². The van der Waals surface area contributed by atoms with Gasteiger partial charge < -0.3 is 25.4 Å². The number of carbonyl (C=O) groups is 2. The highest BCUT2D eigenvalue weighted by atomic mass is 19.1. The van der Waals surface area contributed by atoms with Crippen LogP contribution in [0.25, 0.3) is 0 Å². The summed E-state index contributed by atoms with van der Waals surface area (Å²) in [5.41, 5.74) is 2.91. The van der Waals surface area contributed by atoms with Gasteiger partial charge in [0, 0.05) is 33.0 Å². The molecular weight excluding hydrogens is 485 g/mol. The van der Waals surface area contributed by atoms with Crippen molar-refractivity contribution in [2.24, 2.45) is 0 Å². The molecule has 2 bridgehead atoms. The number of aryl methyl sites for hydroxylation is 1. The van der Waals surface area contributed by atoms with E-state index >= 15 is 0 Å². The Kier molecular flexibility index (Phi) is 11.1. The first-order valence-electron chi connectivity index (χ1n) is 13.2. The molecular formula is C30H38FN3O4. The van der Waals surface area contributed by atoms with E-state index in [4.69, 9.17) is 11.2 Å². The molecule has 0 saturated heterocycles. The molecule has 0 spiro atoms. The molecule has 0 aromatic heterocycles. The molecule has 0 aliphatic carbocycles. The van der Waals surface area contributed by atoms with Gasteiger partial charge in [0.15, 0.2) is 11.6 Å². The highest BCUT2D eigenvalue weighted by Gasteiger charge is 2.30. The quantitative estimate of drug-likeness (QED) is 0.486. The Labute approximate surface area is 224 Å². The topological polar surface area (TPSA) is 90.9 Å². The average molecular weight is 524 g/mol. The minimum Gasteiger partial charge on any atom is -0.491 e. The summed E-state index contributed by atoms with van der Waals surface area (Å²) in [5.74, 6) is 1.44. The van der Waals surface area contributed by atoms with Crippen molar-refractivity contribution in [2.45, 2.75) is 70.2 Å². The van der Waals surface area contributed by atoms with Gasteiger partial charge in [-0.1, -0.05) is 37.3 Å². The maximum Gasteiger partial charge on any atom is 0.244 e. The van der Waals surface area contributed by atoms with Gasteiger partial charge in [-0.2, -0.15) is 0 Å². The monoisotopic (exact) mass is 523 g/mol. The molecule has 0 fully saturated rings. The lowest BCUT2D eigenvalue weighted by Crippen LogP contribution is -2.55. The second-order valence-electron chi connectivity index (χ2n) is 9.69. The number of benzene rings is 2. The number of rotatable bonds is 7. The number of halogens is 1. The number of terminal acetylenes is 1. The maximum absolute atomic E-state index is 14.7. The summed E-state index contributed by atoms with van der Waals surface area (Å²) >= 11 is 0. The summed E-state index contributed by atoms with van der Waals surface area (Å²) in [6, 6.07) is 11.2. The smallest absolute Gasteiger partial charge is 0.244 e. The summed E-state index contributed by atoms with van der Waals surface area (Å²) in [7, 11) is 1.56. The third kappa shape index (κ3) is 8.30. The van der Waals surface area contributed by atoms with E-state index in [-0.39, 0.29) is 44.1 Å². The van der Waals surface area contributed by atoms with Gasteiger partial charge in [0.1, 0.15) is 6.04 Å². The molecule has 0 saturated carbocycles. The van der Waals surface area contributed by atoms with Gasteiger partial charge in [-0.15, -0.1) is 12.3 Å². The summed E-state index contributed by atoms with van der Waals surface area (Å²) in [6.45, 7) is 3.11. The SMILES string of the molecule is C#CC[C@H]1C(=O)N[C@H]([C@H](O)CNCc2cccc(CC)c2)Cc2ccc(c(F)c2)OCCCCC(=O)N1C. The van der Waals surface area contributed by atoms with Crippen molar-refractivity contribution in [3.63, 3.8) is 0 Å². The number of ether oxygens (including phenoxy) is 1. The molecule has 3 N–H and O–H groups in total. The number of aliphatic hydroxyl groups is 1. The Bertz CT molecular complexity index is 1130. The summed E-state index contributed by atoms with van der Waals surface area (Å²) < 4.78 is 20.3. The van der Waals surface area contributed by atoms with Gasteiger partial charge in [0.2, 0.25) is 11.8 Å². The van der Waals surface area contributed by atoms with Crippen LogP contribution < -0.4 is 15.4 Å². The molecule has 0 radical (unpaired) electrons. The van der Waals surface area contributed by atoms with E-state index < -0.39 is 29.9 Å². The van der Waals surface area contributed by atoms with Gasteiger partial charge in [-0.3, -0.25) is 9.59 Å². The minimum absolute atomic E-state index is 0.0370. The van der Waals surface area contributed by atoms with Gasteiger partial charge in [-0.25, -0.2) is 4.39 Å². The number of hydrogen-bond acceptors (Lipinski definition) is 5. The number of aliphatic hydroxyl groups excluding tert-OH is 1. The molecule has 38 heavy (non-hydrogen) atoms. The van der Waals surface area contributed by atoms with Crippen LogP contribution in [0.4, 0.5) is 4.39 Å². The van der Waals surface area contributed by atoms with Crippen LogP contribution in [0.15, 0.2) is 42.5 Å². The normalized spacial score (nSPS) is 19.9. The van der Waals surface area contributed by atoms with Gasteiger partial charge in [0.05, 0.1) is 18.8 Å². The fraction of sp³-hybridized carbons (Fsp3) is 0.467. The van der Waals surface area contributed by atoms with Crippen molar-refractivity contribution in [1.29, 1.82) is 0 Å². The molecule has 2 amide bonds. The zero-order valence-corrected chi connectivity index (χ0v) is 22.2. The Hall–Kier alpha value is -3.41. The van der Waals surface area contributed by atoms with Crippen LogP contribution in [0.2, 0.25) is 0 Å². The number of fused-ring (bicyclic) bond motifs is 13. The van der Waals surface area contributed by atoms with Gasteiger partial charge >= 0.3 is 0 Å². The van der Waals surface area contributed by atoms with Crippen LogP contribution in [-0.4, -0.2) is 60.2 Å². The van der Waals surface area contributed by atoms with E-state index in [1.807, 2.05) is 12.1 Å². The van der Waals surface area contributed by atoms with Crippen molar-refractivity contribution in [2.75, 3.05) is 20.2 Å². The van der Waals surface area contributed by atoms with E-state index in [9.17, 15) is 19.1 Å². The number of nitrogens with one attached hydrogen (secondary N) is 2. The molecule has 2 aliphatic heterocycles. The molecule has 7 nitrogen and oxygen atoms in total. The highest BCUT2D eigenvalue weighted by Crippen LogP contribution is 2.21. The first kappa shape index (κ1) is 29.2. The number of carbonyl (C=O) groups excluding carboxylic acids is 2. The first-order valence-corrected chi connectivity index (χ1v) is 13.2. The largest absolute Gasteiger partial charge is 0.491 e. The predicted octanol–water partition coefficient (Wildman–Crippen LogP) is 2.98. The molecule has 0 unspecified atom stereocenters. The van der Waals surface area contributed by atoms with Crippen LogP contribution in [0.1, 0.15) is 49.3 Å². The molecule has 204 valence electrons. The first-order chi connectivity index (χ1) is 18.3. The lowest BCUT2D eigenvalue weighted by Gasteiger charge is -2.30. The molecule has 3 atom stereocenters. The summed E-state index contributed by atoms with van der Waals surface area (Å²) in [4.78, 5) is 27.4. The third-order valence-corrected chi connectivity index (χ3v) is 6.84. The van der Waals surface area contributed by atoms with E-state index in [1.165, 1.54) is 16.5 Å². The van der Waals surface area contributed by atoms with E-state index in [0.717, 1.165) is 12.0 Å². The fourth-order valence-electron chi connectivity index (χ4n) is 4.50. The van der Waals surface area contributed by atoms with E-state index in [0.29, 0.717) is 24.9 Å². The number of hydrogen-bond donors (Lipinski definition) is 3. The second kappa shape index (κ2) is 14.5. The fourth-order valence-corrected chi connectivity index (χ4v) is 4.50.